The van der Waals surface area contributed by atoms with Crippen molar-refractivity contribution in [2.24, 2.45) is 0 Å². The van der Waals surface area contributed by atoms with Crippen LogP contribution in [-0.4, -0.2) is 40.1 Å². The zero-order valence-electron chi connectivity index (χ0n) is 15.6. The van der Waals surface area contributed by atoms with Gasteiger partial charge in [-0.25, -0.2) is 9.97 Å². The molecule has 142 valence electrons. The third-order valence-corrected chi connectivity index (χ3v) is 5.01. The molecule has 0 aromatic carbocycles. The SMILES string of the molecule is c1cc(-c2ccnc3[nH]c(-c4n[nH]c5ccc(-c6cnccn6)nc45)cc23)ccn1. The van der Waals surface area contributed by atoms with Gasteiger partial charge < -0.3 is 4.98 Å². The summed E-state index contributed by atoms with van der Waals surface area (Å²) >= 11 is 0. The van der Waals surface area contributed by atoms with Crippen molar-refractivity contribution in [3.63, 3.8) is 0 Å². The smallest absolute Gasteiger partial charge is 0.138 e. The first-order valence-electron chi connectivity index (χ1n) is 9.37. The molecule has 6 aromatic rings. The number of pyridine rings is 3. The van der Waals surface area contributed by atoms with Crippen LogP contribution in [-0.2, 0) is 0 Å². The molecular formula is C22H14N8. The van der Waals surface area contributed by atoms with Gasteiger partial charge >= 0.3 is 0 Å². The fourth-order valence-electron chi connectivity index (χ4n) is 3.60. The van der Waals surface area contributed by atoms with E-state index in [4.69, 9.17) is 4.98 Å². The summed E-state index contributed by atoms with van der Waals surface area (Å²) in [4.78, 5) is 25.2. The predicted molar refractivity (Wildman–Crippen MR) is 113 cm³/mol. The van der Waals surface area contributed by atoms with Gasteiger partial charge in [0.2, 0.25) is 0 Å². The monoisotopic (exact) mass is 390 g/mol. The van der Waals surface area contributed by atoms with E-state index in [1.165, 1.54) is 0 Å². The fraction of sp³-hybridized carbons (Fsp3) is 0. The number of hydrogen-bond acceptors (Lipinski definition) is 6. The summed E-state index contributed by atoms with van der Waals surface area (Å²) in [6, 6.07) is 11.9. The molecule has 0 amide bonds. The quantitative estimate of drug-likeness (QED) is 0.472. The Labute approximate surface area is 170 Å². The minimum atomic E-state index is 0.713. The number of aromatic nitrogens is 8. The zero-order chi connectivity index (χ0) is 19.9. The first-order chi connectivity index (χ1) is 14.9. The van der Waals surface area contributed by atoms with Gasteiger partial charge in [0.1, 0.15) is 22.6 Å². The van der Waals surface area contributed by atoms with Crippen LogP contribution >= 0.6 is 0 Å². The van der Waals surface area contributed by atoms with Crippen LogP contribution in [0.1, 0.15) is 0 Å². The van der Waals surface area contributed by atoms with Crippen LogP contribution in [0.15, 0.2) is 73.6 Å². The Morgan fingerprint density at radius 3 is 2.57 bits per heavy atom. The number of nitrogens with one attached hydrogen (secondary N) is 2. The van der Waals surface area contributed by atoms with E-state index in [-0.39, 0.29) is 0 Å². The molecule has 0 aliphatic rings. The number of hydrogen-bond donors (Lipinski definition) is 2. The lowest BCUT2D eigenvalue weighted by atomic mass is 10.1. The zero-order valence-corrected chi connectivity index (χ0v) is 15.6. The third-order valence-electron chi connectivity index (χ3n) is 5.01. The van der Waals surface area contributed by atoms with Crippen molar-refractivity contribution in [3.05, 3.63) is 73.6 Å². The molecule has 6 heterocycles. The molecule has 0 bridgehead atoms. The van der Waals surface area contributed by atoms with Crippen molar-refractivity contribution in [2.75, 3.05) is 0 Å². The van der Waals surface area contributed by atoms with Crippen LogP contribution in [0.4, 0.5) is 0 Å². The van der Waals surface area contributed by atoms with E-state index in [2.05, 4.69) is 41.2 Å². The number of fused-ring (bicyclic) bond motifs is 2. The van der Waals surface area contributed by atoms with Gasteiger partial charge in [-0.3, -0.25) is 20.1 Å². The Hall–Kier alpha value is -4.46. The standard InChI is InChI=1S/C22H14N8/c1-2-17-20(27-16(1)19-12-24-9-10-25-19)21(30-29-17)18-11-15-14(5-8-26-22(15)28-18)13-3-6-23-7-4-13/h1-12H,(H,26,28)(H,29,30). The highest BCUT2D eigenvalue weighted by Gasteiger charge is 2.16. The molecule has 0 aliphatic heterocycles. The molecule has 2 N–H and O–H groups in total. The topological polar surface area (TPSA) is 109 Å². The molecule has 0 saturated carbocycles. The van der Waals surface area contributed by atoms with Crippen molar-refractivity contribution in [1.29, 1.82) is 0 Å². The van der Waals surface area contributed by atoms with E-state index in [1.54, 1.807) is 37.2 Å². The summed E-state index contributed by atoms with van der Waals surface area (Å²) in [7, 11) is 0. The van der Waals surface area contributed by atoms with Gasteiger partial charge in [0, 0.05) is 36.4 Å². The van der Waals surface area contributed by atoms with Crippen LogP contribution in [0.3, 0.4) is 0 Å². The molecule has 0 saturated heterocycles. The van der Waals surface area contributed by atoms with Gasteiger partial charge in [0.25, 0.3) is 0 Å². The highest BCUT2D eigenvalue weighted by molar-refractivity contribution is 5.98. The van der Waals surface area contributed by atoms with E-state index in [9.17, 15) is 0 Å². The number of aromatic amines is 2. The lowest BCUT2D eigenvalue weighted by molar-refractivity contribution is 1.12. The van der Waals surface area contributed by atoms with Crippen molar-refractivity contribution < 1.29 is 0 Å². The van der Waals surface area contributed by atoms with Crippen molar-refractivity contribution in [1.82, 2.24) is 40.1 Å². The van der Waals surface area contributed by atoms with Crippen molar-refractivity contribution in [2.45, 2.75) is 0 Å². The second-order valence-electron chi connectivity index (χ2n) is 6.80. The lowest BCUT2D eigenvalue weighted by Crippen LogP contribution is -1.89. The minimum Gasteiger partial charge on any atom is -0.338 e. The summed E-state index contributed by atoms with van der Waals surface area (Å²) in [5, 5.41) is 8.58. The van der Waals surface area contributed by atoms with Crippen LogP contribution in [0.25, 0.3) is 56.0 Å². The van der Waals surface area contributed by atoms with Crippen molar-refractivity contribution >= 4 is 22.1 Å². The van der Waals surface area contributed by atoms with E-state index in [0.29, 0.717) is 5.69 Å². The Morgan fingerprint density at radius 1 is 0.767 bits per heavy atom. The Bertz CT molecular complexity index is 1490. The van der Waals surface area contributed by atoms with Gasteiger partial charge in [-0.1, -0.05) is 0 Å². The van der Waals surface area contributed by atoms with E-state index in [0.717, 1.165) is 50.3 Å². The average molecular weight is 390 g/mol. The van der Waals surface area contributed by atoms with Crippen molar-refractivity contribution in [3.8, 4) is 33.9 Å². The van der Waals surface area contributed by atoms with E-state index in [1.807, 2.05) is 30.3 Å². The van der Waals surface area contributed by atoms with Crippen LogP contribution < -0.4 is 0 Å². The maximum absolute atomic E-state index is 4.79. The largest absolute Gasteiger partial charge is 0.338 e. The molecule has 0 spiro atoms. The minimum absolute atomic E-state index is 0.713. The molecule has 8 nitrogen and oxygen atoms in total. The van der Waals surface area contributed by atoms with Gasteiger partial charge in [0.15, 0.2) is 0 Å². The van der Waals surface area contributed by atoms with Crippen LogP contribution in [0.5, 0.6) is 0 Å². The van der Waals surface area contributed by atoms with Crippen LogP contribution in [0, 0.1) is 0 Å². The Balaban J connectivity index is 1.52. The highest BCUT2D eigenvalue weighted by atomic mass is 15.1. The number of rotatable bonds is 3. The third kappa shape index (κ3) is 2.62. The number of H-pyrrole nitrogens is 2. The molecule has 6 rings (SSSR count). The van der Waals surface area contributed by atoms with Gasteiger partial charge in [-0.05, 0) is 47.5 Å². The normalized spacial score (nSPS) is 11.3. The van der Waals surface area contributed by atoms with E-state index < -0.39 is 0 Å². The molecule has 0 unspecified atom stereocenters. The fourth-order valence-corrected chi connectivity index (χ4v) is 3.60. The summed E-state index contributed by atoms with van der Waals surface area (Å²) < 4.78 is 0. The predicted octanol–water partition coefficient (Wildman–Crippen LogP) is 4.02. The first-order valence-corrected chi connectivity index (χ1v) is 9.37. The first kappa shape index (κ1) is 16.5. The second-order valence-corrected chi connectivity index (χ2v) is 6.80. The molecule has 8 heteroatoms. The Kier molecular flexibility index (Phi) is 3.60. The summed E-state index contributed by atoms with van der Waals surface area (Å²) in [5.74, 6) is 0. The molecular weight excluding hydrogens is 376 g/mol. The summed E-state index contributed by atoms with van der Waals surface area (Å²) in [6.07, 6.45) is 10.4. The molecule has 0 fully saturated rings. The van der Waals surface area contributed by atoms with Gasteiger partial charge in [-0.2, -0.15) is 5.10 Å². The summed E-state index contributed by atoms with van der Waals surface area (Å²) in [5.41, 5.74) is 7.59. The molecule has 0 radical (unpaired) electrons. The van der Waals surface area contributed by atoms with Gasteiger partial charge in [-0.15, -0.1) is 0 Å². The van der Waals surface area contributed by atoms with Crippen LogP contribution in [0.2, 0.25) is 0 Å². The lowest BCUT2D eigenvalue weighted by Gasteiger charge is -2.01. The molecule has 6 aromatic heterocycles. The summed E-state index contributed by atoms with van der Waals surface area (Å²) in [6.45, 7) is 0. The highest BCUT2D eigenvalue weighted by Crippen LogP contribution is 2.32. The Morgan fingerprint density at radius 2 is 1.70 bits per heavy atom. The number of nitrogens with zero attached hydrogens (tertiary/aromatic N) is 6. The second kappa shape index (κ2) is 6.56. The van der Waals surface area contributed by atoms with E-state index >= 15 is 0 Å². The average Bonchev–Trinajstić information content (AvgIpc) is 3.43. The van der Waals surface area contributed by atoms with Gasteiger partial charge in [0.05, 0.1) is 23.1 Å². The molecule has 0 atom stereocenters. The maximum Gasteiger partial charge on any atom is 0.138 e. The maximum atomic E-state index is 4.79. The molecule has 30 heavy (non-hydrogen) atoms. The molecule has 0 aliphatic carbocycles.